The molecule has 0 bridgehead atoms. The summed E-state index contributed by atoms with van der Waals surface area (Å²) in [6, 6.07) is 9.80. The van der Waals surface area contributed by atoms with E-state index in [1.165, 1.54) is 38.0 Å². The largest absolute Gasteiger partial charge is 0.467 e. The lowest BCUT2D eigenvalue weighted by Crippen LogP contribution is -2.24. The zero-order valence-electron chi connectivity index (χ0n) is 16.1. The van der Waals surface area contributed by atoms with Gasteiger partial charge < -0.3 is 14.3 Å². The van der Waals surface area contributed by atoms with E-state index in [1.807, 2.05) is 6.07 Å². The zero-order valence-corrected chi connectivity index (χ0v) is 17.8. The Morgan fingerprint density at radius 2 is 2.10 bits per heavy atom. The number of sulfonamides is 1. The van der Waals surface area contributed by atoms with Gasteiger partial charge in [0.05, 0.1) is 23.0 Å². The fraction of sp³-hybridized carbons (Fsp3) is 0.278. The first kappa shape index (κ1) is 21.1. The summed E-state index contributed by atoms with van der Waals surface area (Å²) in [6.07, 6.45) is 3.16. The van der Waals surface area contributed by atoms with Gasteiger partial charge in [0.15, 0.2) is 5.16 Å². The summed E-state index contributed by atoms with van der Waals surface area (Å²) < 4.78 is 32.8. The Morgan fingerprint density at radius 3 is 2.79 bits per heavy atom. The zero-order chi connectivity index (χ0) is 21.0. The van der Waals surface area contributed by atoms with Gasteiger partial charge >= 0.3 is 0 Å². The molecule has 0 aliphatic carbocycles. The van der Waals surface area contributed by atoms with Gasteiger partial charge in [-0.05, 0) is 37.3 Å². The van der Waals surface area contributed by atoms with Crippen molar-refractivity contribution in [2.45, 2.75) is 28.8 Å². The minimum Gasteiger partial charge on any atom is -0.467 e. The van der Waals surface area contributed by atoms with Crippen LogP contribution in [0, 0.1) is 0 Å². The van der Waals surface area contributed by atoms with Crippen molar-refractivity contribution in [2.24, 2.45) is 0 Å². The molecule has 0 radical (unpaired) electrons. The first-order chi connectivity index (χ1) is 13.8. The van der Waals surface area contributed by atoms with E-state index in [-0.39, 0.29) is 10.8 Å². The van der Waals surface area contributed by atoms with Crippen molar-refractivity contribution in [2.75, 3.05) is 19.4 Å². The van der Waals surface area contributed by atoms with Crippen LogP contribution >= 0.6 is 11.8 Å². The Morgan fingerprint density at radius 1 is 1.31 bits per heavy atom. The Balaban J connectivity index is 1.67. The van der Waals surface area contributed by atoms with Crippen LogP contribution in [0.2, 0.25) is 0 Å². The van der Waals surface area contributed by atoms with Crippen LogP contribution in [0.4, 0.5) is 5.69 Å². The maximum Gasteiger partial charge on any atom is 0.242 e. The summed E-state index contributed by atoms with van der Waals surface area (Å²) in [6.45, 7) is 2.20. The number of nitrogens with zero attached hydrogens (tertiary/aromatic N) is 4. The van der Waals surface area contributed by atoms with Crippen molar-refractivity contribution < 1.29 is 17.6 Å². The number of amides is 1. The molecule has 29 heavy (non-hydrogen) atoms. The van der Waals surface area contributed by atoms with E-state index in [0.717, 1.165) is 10.1 Å². The van der Waals surface area contributed by atoms with Gasteiger partial charge in [-0.3, -0.25) is 4.79 Å². The molecule has 1 aromatic carbocycles. The minimum atomic E-state index is -3.58. The molecule has 9 nitrogen and oxygen atoms in total. The van der Waals surface area contributed by atoms with Gasteiger partial charge in [-0.25, -0.2) is 12.7 Å². The molecule has 0 aliphatic rings. The maximum atomic E-state index is 12.6. The molecule has 1 atom stereocenters. The number of anilines is 1. The second-order valence-corrected chi connectivity index (χ2v) is 9.85. The predicted octanol–water partition coefficient (Wildman–Crippen LogP) is 2.29. The van der Waals surface area contributed by atoms with Crippen LogP contribution < -0.4 is 5.32 Å². The van der Waals surface area contributed by atoms with E-state index in [2.05, 4.69) is 15.5 Å². The van der Waals surface area contributed by atoms with Crippen LogP contribution in [0.1, 0.15) is 12.7 Å². The highest BCUT2D eigenvalue weighted by molar-refractivity contribution is 8.00. The molecule has 0 fully saturated rings. The fourth-order valence-electron chi connectivity index (χ4n) is 2.42. The molecular formula is C18H21N5O4S2. The third kappa shape index (κ3) is 5.05. The van der Waals surface area contributed by atoms with E-state index in [9.17, 15) is 13.2 Å². The van der Waals surface area contributed by atoms with E-state index < -0.39 is 15.3 Å². The number of carbonyl (C=O) groups excluding carboxylic acids is 1. The summed E-state index contributed by atoms with van der Waals surface area (Å²) in [4.78, 5) is 12.7. The van der Waals surface area contributed by atoms with Crippen molar-refractivity contribution in [3.8, 4) is 0 Å². The number of hydrogen-bond acceptors (Lipinski definition) is 7. The summed E-state index contributed by atoms with van der Waals surface area (Å²) in [5.74, 6) is 0.477. The standard InChI is InChI=1S/C18H21N5O4S2/c1-13(28-18-21-19-12-23(18)11-15-7-5-9-27-15)17(24)20-14-6-4-8-16(10-14)29(25,26)22(2)3/h4-10,12-13H,11H2,1-3H3,(H,20,24)/t13-/m0/s1. The molecule has 2 aromatic heterocycles. The van der Waals surface area contributed by atoms with Crippen LogP contribution in [0.25, 0.3) is 0 Å². The second-order valence-electron chi connectivity index (χ2n) is 6.39. The van der Waals surface area contributed by atoms with Gasteiger partial charge in [-0.1, -0.05) is 17.8 Å². The highest BCUT2D eigenvalue weighted by atomic mass is 32.2. The van der Waals surface area contributed by atoms with E-state index in [0.29, 0.717) is 17.4 Å². The summed E-state index contributed by atoms with van der Waals surface area (Å²) in [5, 5.41) is 10.8. The van der Waals surface area contributed by atoms with Gasteiger partial charge in [0, 0.05) is 19.8 Å². The molecule has 3 rings (SSSR count). The normalized spacial score (nSPS) is 12.8. The third-order valence-corrected chi connectivity index (χ3v) is 6.92. The van der Waals surface area contributed by atoms with Crippen LogP contribution in [0.5, 0.6) is 0 Å². The lowest BCUT2D eigenvalue weighted by molar-refractivity contribution is -0.115. The summed E-state index contributed by atoms with van der Waals surface area (Å²) >= 11 is 1.25. The number of carbonyl (C=O) groups is 1. The van der Waals surface area contributed by atoms with E-state index in [4.69, 9.17) is 4.42 Å². The SMILES string of the molecule is C[C@H](Sc1nncn1Cc1ccco1)C(=O)Nc1cccc(S(=O)(=O)N(C)C)c1. The van der Waals surface area contributed by atoms with Crippen molar-refractivity contribution in [1.29, 1.82) is 0 Å². The summed E-state index contributed by atoms with van der Waals surface area (Å²) in [5.41, 5.74) is 0.405. The number of furan rings is 1. The van der Waals surface area contributed by atoms with Crippen molar-refractivity contribution in [3.05, 3.63) is 54.7 Å². The number of aromatic nitrogens is 3. The van der Waals surface area contributed by atoms with Crippen LogP contribution in [-0.2, 0) is 21.4 Å². The van der Waals surface area contributed by atoms with Gasteiger partial charge in [0.25, 0.3) is 0 Å². The highest BCUT2D eigenvalue weighted by Gasteiger charge is 2.21. The molecule has 2 heterocycles. The van der Waals surface area contributed by atoms with Gasteiger partial charge in [-0.2, -0.15) is 0 Å². The quantitative estimate of drug-likeness (QED) is 0.541. The average molecular weight is 436 g/mol. The Kier molecular flexibility index (Phi) is 6.40. The molecule has 0 unspecified atom stereocenters. The average Bonchev–Trinajstić information content (AvgIpc) is 3.34. The van der Waals surface area contributed by atoms with Gasteiger partial charge in [0.1, 0.15) is 12.1 Å². The minimum absolute atomic E-state index is 0.110. The molecule has 11 heteroatoms. The number of hydrogen-bond donors (Lipinski definition) is 1. The molecule has 1 amide bonds. The molecule has 0 aliphatic heterocycles. The monoisotopic (exact) mass is 435 g/mol. The van der Waals surface area contributed by atoms with Gasteiger partial charge in [-0.15, -0.1) is 10.2 Å². The molecule has 0 spiro atoms. The van der Waals surface area contributed by atoms with E-state index in [1.54, 1.807) is 42.3 Å². The molecule has 1 N–H and O–H groups in total. The first-order valence-corrected chi connectivity index (χ1v) is 11.0. The Hall–Kier alpha value is -2.63. The number of benzene rings is 1. The lowest BCUT2D eigenvalue weighted by atomic mass is 10.3. The van der Waals surface area contributed by atoms with E-state index >= 15 is 0 Å². The maximum absolute atomic E-state index is 12.6. The van der Waals surface area contributed by atoms with Crippen LogP contribution in [0.3, 0.4) is 0 Å². The molecule has 0 saturated carbocycles. The highest BCUT2D eigenvalue weighted by Crippen LogP contribution is 2.24. The van der Waals surface area contributed by atoms with Crippen molar-refractivity contribution in [1.82, 2.24) is 19.1 Å². The molecule has 3 aromatic rings. The second kappa shape index (κ2) is 8.80. The van der Waals surface area contributed by atoms with Crippen molar-refractivity contribution in [3.63, 3.8) is 0 Å². The smallest absolute Gasteiger partial charge is 0.242 e. The summed E-state index contributed by atoms with van der Waals surface area (Å²) in [7, 11) is -0.668. The first-order valence-electron chi connectivity index (χ1n) is 8.67. The van der Waals surface area contributed by atoms with Crippen LogP contribution in [0.15, 0.2) is 63.5 Å². The number of nitrogens with one attached hydrogen (secondary N) is 1. The topological polar surface area (TPSA) is 110 Å². The lowest BCUT2D eigenvalue weighted by Gasteiger charge is -2.14. The van der Waals surface area contributed by atoms with Gasteiger partial charge in [0.2, 0.25) is 15.9 Å². The van der Waals surface area contributed by atoms with Crippen molar-refractivity contribution >= 4 is 33.4 Å². The Labute approximate surface area is 173 Å². The van der Waals surface area contributed by atoms with Crippen LogP contribution in [-0.4, -0.2) is 52.7 Å². The Bertz CT molecular complexity index is 1080. The number of thioether (sulfide) groups is 1. The molecule has 0 saturated heterocycles. The molecule has 154 valence electrons. The predicted molar refractivity (Wildman–Crippen MR) is 109 cm³/mol. The fourth-order valence-corrected chi connectivity index (χ4v) is 4.19. The third-order valence-electron chi connectivity index (χ3n) is 4.02. The number of rotatable bonds is 8. The molecular weight excluding hydrogens is 414 g/mol.